The molecule has 8 heteroatoms. The molecule has 8 nitrogen and oxygen atoms in total. The molecule has 0 aliphatic rings. The van der Waals surface area contributed by atoms with E-state index in [9.17, 15) is 9.90 Å². The minimum atomic E-state index is -0.280. The van der Waals surface area contributed by atoms with Gasteiger partial charge in [0.1, 0.15) is 5.75 Å². The number of phenols is 1. The lowest BCUT2D eigenvalue weighted by Crippen LogP contribution is -1.98. The van der Waals surface area contributed by atoms with Crippen LogP contribution in [0.1, 0.15) is 21.5 Å². The lowest BCUT2D eigenvalue weighted by molar-refractivity contribution is 0.104. The molecule has 0 bridgehead atoms. The number of methoxy groups -OCH3 is 5. The molecular formula is C28H29NO7. The molecule has 3 aromatic rings. The molecule has 0 spiro atoms. The lowest BCUT2D eigenvalue weighted by Gasteiger charge is -2.13. The summed E-state index contributed by atoms with van der Waals surface area (Å²) in [5.74, 6) is 2.19. The number of ketones is 1. The zero-order chi connectivity index (χ0) is 26.1. The van der Waals surface area contributed by atoms with E-state index >= 15 is 0 Å². The Morgan fingerprint density at radius 3 is 1.92 bits per heavy atom. The van der Waals surface area contributed by atoms with Crippen LogP contribution in [0.2, 0.25) is 0 Å². The van der Waals surface area contributed by atoms with Crippen LogP contribution >= 0.6 is 0 Å². The zero-order valence-corrected chi connectivity index (χ0v) is 20.8. The van der Waals surface area contributed by atoms with Crippen LogP contribution in [-0.4, -0.2) is 46.4 Å². The van der Waals surface area contributed by atoms with Crippen molar-refractivity contribution in [3.8, 4) is 34.5 Å². The first-order valence-electron chi connectivity index (χ1n) is 10.9. The number of benzene rings is 3. The first-order valence-corrected chi connectivity index (χ1v) is 10.9. The molecule has 0 radical (unpaired) electrons. The number of carbonyl (C=O) groups is 1. The van der Waals surface area contributed by atoms with Gasteiger partial charge in [-0.05, 0) is 53.6 Å². The molecule has 0 fully saturated rings. The summed E-state index contributed by atoms with van der Waals surface area (Å²) in [5.41, 5.74) is 2.77. The van der Waals surface area contributed by atoms with Crippen molar-refractivity contribution in [2.75, 3.05) is 40.9 Å². The molecule has 0 saturated heterocycles. The Kier molecular flexibility index (Phi) is 8.83. The van der Waals surface area contributed by atoms with Crippen LogP contribution in [0.25, 0.3) is 12.2 Å². The standard InChI is InChI=1S/C28H29NO7/c1-32-24-10-8-18(6-7-19-15-26(34-3)28(36-5)27(16-19)35-4)14-21(24)29-13-12-22(30)20-9-11-25(33-2)23(31)17-20/h6-17,29,31H,1-5H3/b7-6-,13-12-. The maximum Gasteiger partial charge on any atom is 0.203 e. The van der Waals surface area contributed by atoms with Crippen LogP contribution in [0.15, 0.2) is 60.8 Å². The normalized spacial score (nSPS) is 10.9. The monoisotopic (exact) mass is 491 g/mol. The predicted molar refractivity (Wildman–Crippen MR) is 140 cm³/mol. The molecule has 0 aliphatic heterocycles. The quantitative estimate of drug-likeness (QED) is 0.209. The van der Waals surface area contributed by atoms with Crippen LogP contribution < -0.4 is 29.0 Å². The highest BCUT2D eigenvalue weighted by Crippen LogP contribution is 2.38. The summed E-state index contributed by atoms with van der Waals surface area (Å²) in [7, 11) is 7.72. The Morgan fingerprint density at radius 2 is 1.33 bits per heavy atom. The van der Waals surface area contributed by atoms with Crippen LogP contribution in [0.4, 0.5) is 5.69 Å². The molecule has 188 valence electrons. The number of hydrogen-bond donors (Lipinski definition) is 2. The number of hydrogen-bond acceptors (Lipinski definition) is 8. The van der Waals surface area contributed by atoms with E-state index < -0.39 is 0 Å². The van der Waals surface area contributed by atoms with E-state index in [4.69, 9.17) is 23.7 Å². The first kappa shape index (κ1) is 26.0. The Balaban J connectivity index is 1.79. The van der Waals surface area contributed by atoms with Crippen LogP contribution in [0, 0.1) is 0 Å². The zero-order valence-electron chi connectivity index (χ0n) is 20.8. The number of phenolic OH excluding ortho intramolecular Hbond substituents is 1. The average Bonchev–Trinajstić information content (AvgIpc) is 2.91. The van der Waals surface area contributed by atoms with Crippen molar-refractivity contribution in [3.05, 3.63) is 77.5 Å². The van der Waals surface area contributed by atoms with Gasteiger partial charge < -0.3 is 34.1 Å². The van der Waals surface area contributed by atoms with Gasteiger partial charge in [0.05, 0.1) is 41.2 Å². The van der Waals surface area contributed by atoms with Crippen LogP contribution in [0.5, 0.6) is 34.5 Å². The van der Waals surface area contributed by atoms with E-state index in [0.717, 1.165) is 11.1 Å². The molecule has 2 N–H and O–H groups in total. The third-order valence-electron chi connectivity index (χ3n) is 5.32. The van der Waals surface area contributed by atoms with Crippen molar-refractivity contribution in [2.24, 2.45) is 0 Å². The van der Waals surface area contributed by atoms with Crippen molar-refractivity contribution in [1.82, 2.24) is 0 Å². The second-order valence-electron chi connectivity index (χ2n) is 7.48. The van der Waals surface area contributed by atoms with E-state index in [1.807, 2.05) is 42.5 Å². The third kappa shape index (κ3) is 6.09. The largest absolute Gasteiger partial charge is 0.504 e. The highest BCUT2D eigenvalue weighted by molar-refractivity contribution is 6.05. The minimum Gasteiger partial charge on any atom is -0.504 e. The van der Waals surface area contributed by atoms with Crippen molar-refractivity contribution in [2.45, 2.75) is 0 Å². The Hall–Kier alpha value is -4.59. The fraction of sp³-hybridized carbons (Fsp3) is 0.179. The molecule has 3 rings (SSSR count). The summed E-state index contributed by atoms with van der Waals surface area (Å²) in [5, 5.41) is 13.0. The maximum absolute atomic E-state index is 12.5. The van der Waals surface area contributed by atoms with E-state index in [-0.39, 0.29) is 11.5 Å². The number of allylic oxidation sites excluding steroid dienone is 1. The molecule has 0 amide bonds. The number of carbonyl (C=O) groups excluding carboxylic acids is 1. The van der Waals surface area contributed by atoms with E-state index in [1.54, 1.807) is 34.5 Å². The van der Waals surface area contributed by atoms with Crippen molar-refractivity contribution in [1.29, 1.82) is 0 Å². The van der Waals surface area contributed by atoms with Gasteiger partial charge in [0.15, 0.2) is 28.8 Å². The van der Waals surface area contributed by atoms with Gasteiger partial charge >= 0.3 is 0 Å². The molecule has 0 saturated carbocycles. The third-order valence-corrected chi connectivity index (χ3v) is 5.32. The van der Waals surface area contributed by atoms with Gasteiger partial charge in [-0.1, -0.05) is 18.2 Å². The second-order valence-corrected chi connectivity index (χ2v) is 7.48. The van der Waals surface area contributed by atoms with Gasteiger partial charge in [-0.2, -0.15) is 0 Å². The molecule has 0 atom stereocenters. The minimum absolute atomic E-state index is 0.0991. The lowest BCUT2D eigenvalue weighted by atomic mass is 10.1. The predicted octanol–water partition coefficient (Wildman–Crippen LogP) is 5.41. The molecule has 3 aromatic carbocycles. The Bertz CT molecular complexity index is 1260. The van der Waals surface area contributed by atoms with Crippen molar-refractivity contribution >= 4 is 23.6 Å². The van der Waals surface area contributed by atoms with Crippen molar-refractivity contribution < 1.29 is 33.6 Å². The van der Waals surface area contributed by atoms with Gasteiger partial charge in [-0.3, -0.25) is 4.79 Å². The second kappa shape index (κ2) is 12.2. The van der Waals surface area contributed by atoms with Crippen LogP contribution in [-0.2, 0) is 0 Å². The average molecular weight is 492 g/mol. The summed E-state index contributed by atoms with van der Waals surface area (Å²) in [6, 6.07) is 13.8. The molecule has 0 unspecified atom stereocenters. The number of aromatic hydroxyl groups is 1. The van der Waals surface area contributed by atoms with E-state index in [2.05, 4.69) is 5.32 Å². The first-order chi connectivity index (χ1) is 17.4. The van der Waals surface area contributed by atoms with Gasteiger partial charge in [0.25, 0.3) is 0 Å². The van der Waals surface area contributed by atoms with Gasteiger partial charge in [0.2, 0.25) is 5.75 Å². The maximum atomic E-state index is 12.5. The number of anilines is 1. The molecular weight excluding hydrogens is 462 g/mol. The summed E-state index contributed by atoms with van der Waals surface area (Å²) in [6.45, 7) is 0. The van der Waals surface area contributed by atoms with Gasteiger partial charge in [-0.15, -0.1) is 0 Å². The summed E-state index contributed by atoms with van der Waals surface area (Å²) in [6.07, 6.45) is 6.75. The van der Waals surface area contributed by atoms with Gasteiger partial charge in [0, 0.05) is 17.8 Å². The molecule has 0 aromatic heterocycles. The fourth-order valence-electron chi connectivity index (χ4n) is 3.48. The number of nitrogens with one attached hydrogen (secondary N) is 1. The fourth-order valence-corrected chi connectivity index (χ4v) is 3.48. The van der Waals surface area contributed by atoms with E-state index in [1.165, 1.54) is 31.5 Å². The summed E-state index contributed by atoms with van der Waals surface area (Å²) >= 11 is 0. The van der Waals surface area contributed by atoms with Crippen LogP contribution in [0.3, 0.4) is 0 Å². The smallest absolute Gasteiger partial charge is 0.203 e. The van der Waals surface area contributed by atoms with Crippen molar-refractivity contribution in [3.63, 3.8) is 0 Å². The highest BCUT2D eigenvalue weighted by Gasteiger charge is 2.12. The topological polar surface area (TPSA) is 95.5 Å². The number of rotatable bonds is 11. The number of ether oxygens (including phenoxy) is 5. The Labute approximate surface area is 210 Å². The van der Waals surface area contributed by atoms with Gasteiger partial charge in [-0.25, -0.2) is 0 Å². The SMILES string of the molecule is COc1ccc(C(=O)/C=C\Nc2cc(/C=C\c3cc(OC)c(OC)c(OC)c3)ccc2OC)cc1O. The Morgan fingerprint density at radius 1 is 0.722 bits per heavy atom. The summed E-state index contributed by atoms with van der Waals surface area (Å²) < 4.78 is 26.6. The summed E-state index contributed by atoms with van der Waals surface area (Å²) in [4.78, 5) is 12.5. The molecule has 36 heavy (non-hydrogen) atoms. The van der Waals surface area contributed by atoms with E-state index in [0.29, 0.717) is 40.0 Å². The highest BCUT2D eigenvalue weighted by atomic mass is 16.5. The molecule has 0 aliphatic carbocycles. The molecule has 0 heterocycles.